The Bertz CT molecular complexity index is 790. The Morgan fingerprint density at radius 2 is 1.90 bits per heavy atom. The van der Waals surface area contributed by atoms with E-state index in [2.05, 4.69) is 16.9 Å². The second-order valence-electron chi connectivity index (χ2n) is 4.89. The molecule has 3 aromatic rings. The number of aromatic nitrogens is 2. The van der Waals surface area contributed by atoms with Gasteiger partial charge in [-0.2, -0.15) is 0 Å². The lowest BCUT2D eigenvalue weighted by atomic mass is 10.1. The Labute approximate surface area is 117 Å². The summed E-state index contributed by atoms with van der Waals surface area (Å²) >= 11 is 0. The Morgan fingerprint density at radius 1 is 1.15 bits per heavy atom. The van der Waals surface area contributed by atoms with Crippen LogP contribution in [0.1, 0.15) is 23.9 Å². The maximum Gasteiger partial charge on any atom is 0.165 e. The van der Waals surface area contributed by atoms with E-state index in [4.69, 9.17) is 10.2 Å². The Kier molecular flexibility index (Phi) is 2.93. The van der Waals surface area contributed by atoms with E-state index in [0.29, 0.717) is 11.6 Å². The molecule has 3 rings (SSSR count). The molecule has 2 heterocycles. The van der Waals surface area contributed by atoms with Crippen LogP contribution in [0.25, 0.3) is 22.4 Å². The van der Waals surface area contributed by atoms with Crippen molar-refractivity contribution in [2.45, 2.75) is 27.2 Å². The van der Waals surface area contributed by atoms with E-state index in [0.717, 1.165) is 40.0 Å². The molecule has 0 aliphatic rings. The second-order valence-corrected chi connectivity index (χ2v) is 4.89. The van der Waals surface area contributed by atoms with Crippen molar-refractivity contribution in [2.24, 2.45) is 0 Å². The molecule has 0 spiro atoms. The number of rotatable bonds is 2. The predicted octanol–water partition coefficient (Wildman–Crippen LogP) is 3.65. The molecule has 2 aromatic heterocycles. The number of benzene rings is 1. The largest absolute Gasteiger partial charge is 0.461 e. The highest BCUT2D eigenvalue weighted by atomic mass is 16.3. The molecule has 0 radical (unpaired) electrons. The molecule has 20 heavy (non-hydrogen) atoms. The van der Waals surface area contributed by atoms with Gasteiger partial charge < -0.3 is 10.2 Å². The number of aryl methyl sites for hydroxylation is 2. The number of fused-ring (bicyclic) bond motifs is 1. The van der Waals surface area contributed by atoms with Crippen molar-refractivity contribution in [3.8, 4) is 11.4 Å². The molecule has 4 nitrogen and oxygen atoms in total. The molecule has 0 amide bonds. The van der Waals surface area contributed by atoms with Crippen LogP contribution in [0.5, 0.6) is 0 Å². The van der Waals surface area contributed by atoms with Crippen molar-refractivity contribution >= 4 is 16.8 Å². The van der Waals surface area contributed by atoms with E-state index in [9.17, 15) is 0 Å². The van der Waals surface area contributed by atoms with Gasteiger partial charge in [0.25, 0.3) is 0 Å². The number of nitrogen functional groups attached to an aromatic ring is 1. The molecule has 1 aromatic carbocycles. The third kappa shape index (κ3) is 1.84. The van der Waals surface area contributed by atoms with Crippen LogP contribution in [0.2, 0.25) is 0 Å². The van der Waals surface area contributed by atoms with Gasteiger partial charge in [0.15, 0.2) is 5.82 Å². The molecule has 0 aliphatic carbocycles. The van der Waals surface area contributed by atoms with Crippen LogP contribution in [0.4, 0.5) is 5.82 Å². The minimum Gasteiger partial charge on any atom is -0.461 e. The van der Waals surface area contributed by atoms with E-state index in [1.54, 1.807) is 0 Å². The first-order valence-electron chi connectivity index (χ1n) is 6.73. The Morgan fingerprint density at radius 3 is 2.65 bits per heavy atom. The summed E-state index contributed by atoms with van der Waals surface area (Å²) in [6, 6.07) is 7.91. The van der Waals surface area contributed by atoms with E-state index >= 15 is 0 Å². The minimum absolute atomic E-state index is 0.538. The van der Waals surface area contributed by atoms with Crippen LogP contribution < -0.4 is 5.73 Å². The zero-order valence-electron chi connectivity index (χ0n) is 11.9. The van der Waals surface area contributed by atoms with Gasteiger partial charge in [0, 0.05) is 16.6 Å². The van der Waals surface area contributed by atoms with Gasteiger partial charge in [-0.05, 0) is 26.3 Å². The highest BCUT2D eigenvalue weighted by Crippen LogP contribution is 2.33. The van der Waals surface area contributed by atoms with Gasteiger partial charge in [-0.1, -0.05) is 25.1 Å². The van der Waals surface area contributed by atoms with Crippen molar-refractivity contribution in [1.29, 1.82) is 0 Å². The van der Waals surface area contributed by atoms with Gasteiger partial charge in [0.1, 0.15) is 17.2 Å². The van der Waals surface area contributed by atoms with Gasteiger partial charge in [-0.25, -0.2) is 9.97 Å². The van der Waals surface area contributed by atoms with Crippen molar-refractivity contribution in [3.05, 3.63) is 41.3 Å². The van der Waals surface area contributed by atoms with Crippen LogP contribution >= 0.6 is 0 Å². The molecule has 0 saturated heterocycles. The second kappa shape index (κ2) is 4.63. The van der Waals surface area contributed by atoms with E-state index in [-0.39, 0.29) is 0 Å². The lowest BCUT2D eigenvalue weighted by molar-refractivity contribution is 0.579. The summed E-state index contributed by atoms with van der Waals surface area (Å²) in [5.74, 6) is 2.00. The molecular weight excluding hydrogens is 250 g/mol. The molecule has 102 valence electrons. The molecular formula is C16H17N3O. The smallest absolute Gasteiger partial charge is 0.165 e. The molecule has 0 unspecified atom stereocenters. The lowest BCUT2D eigenvalue weighted by Crippen LogP contribution is -2.04. The first-order valence-corrected chi connectivity index (χ1v) is 6.73. The summed E-state index contributed by atoms with van der Waals surface area (Å²) in [7, 11) is 0. The lowest BCUT2D eigenvalue weighted by Gasteiger charge is -2.08. The van der Waals surface area contributed by atoms with Gasteiger partial charge in [-0.15, -0.1) is 0 Å². The van der Waals surface area contributed by atoms with Crippen molar-refractivity contribution in [2.75, 3.05) is 5.73 Å². The van der Waals surface area contributed by atoms with Crippen molar-refractivity contribution < 1.29 is 4.42 Å². The van der Waals surface area contributed by atoms with Gasteiger partial charge in [0.2, 0.25) is 0 Å². The SMILES string of the molecule is CCc1nc(-c2c(C)oc3ccccc23)nc(N)c1C. The number of hydrogen-bond acceptors (Lipinski definition) is 4. The summed E-state index contributed by atoms with van der Waals surface area (Å²) in [5.41, 5.74) is 9.74. The molecule has 0 aliphatic heterocycles. The molecule has 0 saturated carbocycles. The topological polar surface area (TPSA) is 64.9 Å². The number of nitrogens with two attached hydrogens (primary N) is 1. The monoisotopic (exact) mass is 267 g/mol. The van der Waals surface area contributed by atoms with Gasteiger partial charge in [0.05, 0.1) is 5.56 Å². The highest BCUT2D eigenvalue weighted by molar-refractivity contribution is 5.93. The fraction of sp³-hybridized carbons (Fsp3) is 0.250. The molecule has 0 bridgehead atoms. The normalized spacial score (nSPS) is 11.2. The highest BCUT2D eigenvalue weighted by Gasteiger charge is 2.17. The molecule has 0 fully saturated rings. The Hall–Kier alpha value is -2.36. The Balaban J connectivity index is 2.31. The quantitative estimate of drug-likeness (QED) is 0.769. The summed E-state index contributed by atoms with van der Waals surface area (Å²) in [4.78, 5) is 9.10. The maximum absolute atomic E-state index is 6.02. The maximum atomic E-state index is 6.02. The third-order valence-corrected chi connectivity index (χ3v) is 3.61. The first kappa shape index (κ1) is 12.7. The van der Waals surface area contributed by atoms with Crippen LogP contribution in [0.3, 0.4) is 0 Å². The standard InChI is InChI=1S/C16H17N3O/c1-4-12-9(2)15(17)19-16(18-12)14-10(3)20-13-8-6-5-7-11(13)14/h5-8H,4H2,1-3H3,(H2,17,18,19). The van der Waals surface area contributed by atoms with Gasteiger partial charge in [-0.3, -0.25) is 0 Å². The van der Waals surface area contributed by atoms with Crippen molar-refractivity contribution in [1.82, 2.24) is 9.97 Å². The zero-order valence-corrected chi connectivity index (χ0v) is 11.9. The number of anilines is 1. The number of para-hydroxylation sites is 1. The van der Waals surface area contributed by atoms with E-state index < -0.39 is 0 Å². The number of nitrogens with zero attached hydrogens (tertiary/aromatic N) is 2. The molecule has 0 atom stereocenters. The zero-order chi connectivity index (χ0) is 14.3. The molecule has 2 N–H and O–H groups in total. The predicted molar refractivity (Wildman–Crippen MR) is 80.5 cm³/mol. The average molecular weight is 267 g/mol. The molecule has 4 heteroatoms. The average Bonchev–Trinajstić information content (AvgIpc) is 2.77. The summed E-state index contributed by atoms with van der Waals surface area (Å²) in [6.07, 6.45) is 0.834. The summed E-state index contributed by atoms with van der Waals surface area (Å²) in [6.45, 7) is 5.96. The number of furan rings is 1. The van der Waals surface area contributed by atoms with Crippen molar-refractivity contribution in [3.63, 3.8) is 0 Å². The van der Waals surface area contributed by atoms with Crippen LogP contribution in [-0.2, 0) is 6.42 Å². The van der Waals surface area contributed by atoms with Crippen LogP contribution in [0.15, 0.2) is 28.7 Å². The summed E-state index contributed by atoms with van der Waals surface area (Å²) in [5, 5.41) is 1.02. The minimum atomic E-state index is 0.538. The van der Waals surface area contributed by atoms with E-state index in [1.165, 1.54) is 0 Å². The van der Waals surface area contributed by atoms with E-state index in [1.807, 2.05) is 38.1 Å². The van der Waals surface area contributed by atoms with Crippen LogP contribution in [0, 0.1) is 13.8 Å². The first-order chi connectivity index (χ1) is 9.61. The fourth-order valence-electron chi connectivity index (χ4n) is 2.48. The number of hydrogen-bond donors (Lipinski definition) is 1. The van der Waals surface area contributed by atoms with Gasteiger partial charge >= 0.3 is 0 Å². The summed E-state index contributed by atoms with van der Waals surface area (Å²) < 4.78 is 5.78. The fourth-order valence-corrected chi connectivity index (χ4v) is 2.48. The third-order valence-electron chi connectivity index (χ3n) is 3.61. The van der Waals surface area contributed by atoms with Crippen LogP contribution in [-0.4, -0.2) is 9.97 Å².